The highest BCUT2D eigenvalue weighted by molar-refractivity contribution is 5.16. The van der Waals surface area contributed by atoms with Gasteiger partial charge < -0.3 is 40.4 Å². The van der Waals surface area contributed by atoms with Crippen molar-refractivity contribution in [3.8, 4) is 0 Å². The molecule has 3 fully saturated rings. The van der Waals surface area contributed by atoms with Crippen LogP contribution < -0.4 is 16.0 Å². The van der Waals surface area contributed by atoms with Gasteiger partial charge in [0.05, 0.1) is 30.9 Å². The summed E-state index contributed by atoms with van der Waals surface area (Å²) in [5, 5.41) is 31.6. The van der Waals surface area contributed by atoms with E-state index in [1.165, 1.54) is 12.1 Å². The molecule has 2 heterocycles. The molecule has 0 bridgehead atoms. The largest absolute Gasteiger partial charge is 0.390 e. The molecule has 3 aliphatic rings. The van der Waals surface area contributed by atoms with Crippen LogP contribution in [0.25, 0.3) is 0 Å². The lowest BCUT2D eigenvalue weighted by Crippen LogP contribution is -2.75. The van der Waals surface area contributed by atoms with Crippen molar-refractivity contribution in [2.24, 2.45) is 0 Å². The number of rotatable bonds is 5. The molecule has 29 heavy (non-hydrogen) atoms. The quantitative estimate of drug-likeness (QED) is 0.440. The zero-order valence-corrected chi connectivity index (χ0v) is 16.7. The standard InChI is InChI=1S/C20H30FN3O5/c1-22-13-9-14-18(16(23-2)17(13)25)29-20(26)15(7-8-27-19(20)28-14)24-10-11-3-5-12(21)6-4-11/h3-6,13-19,22-26H,7-10H2,1-2H3/t13-,14?,15+,16?,17-,18?,19?,20?/m0/s1. The smallest absolute Gasteiger partial charge is 0.234 e. The number of likely N-dealkylation sites (N-methyl/N-ethyl adjacent to an activating group) is 2. The van der Waals surface area contributed by atoms with E-state index >= 15 is 0 Å². The predicted octanol–water partition coefficient (Wildman–Crippen LogP) is -0.556. The summed E-state index contributed by atoms with van der Waals surface area (Å²) in [6.07, 6.45) is -1.39. The molecule has 2 aliphatic heterocycles. The molecule has 9 heteroatoms. The Hall–Kier alpha value is -1.17. The van der Waals surface area contributed by atoms with Crippen LogP contribution >= 0.6 is 0 Å². The van der Waals surface area contributed by atoms with Crippen molar-refractivity contribution in [2.75, 3.05) is 20.7 Å². The zero-order chi connectivity index (χ0) is 20.6. The first kappa shape index (κ1) is 21.1. The minimum atomic E-state index is -1.69. The van der Waals surface area contributed by atoms with Crippen molar-refractivity contribution in [3.63, 3.8) is 0 Å². The summed E-state index contributed by atoms with van der Waals surface area (Å²) in [5.74, 6) is -1.98. The Balaban J connectivity index is 1.50. The van der Waals surface area contributed by atoms with Gasteiger partial charge in [0.15, 0.2) is 0 Å². The number of halogens is 1. The van der Waals surface area contributed by atoms with Crippen molar-refractivity contribution >= 4 is 0 Å². The average Bonchev–Trinajstić information content (AvgIpc) is 2.72. The average molecular weight is 411 g/mol. The molecule has 162 valence electrons. The molecular formula is C20H30FN3O5. The van der Waals surface area contributed by atoms with Gasteiger partial charge in [0, 0.05) is 12.6 Å². The van der Waals surface area contributed by atoms with E-state index in [9.17, 15) is 14.6 Å². The van der Waals surface area contributed by atoms with Gasteiger partial charge >= 0.3 is 0 Å². The first-order valence-electron chi connectivity index (χ1n) is 10.1. The van der Waals surface area contributed by atoms with E-state index in [2.05, 4.69) is 16.0 Å². The highest BCUT2D eigenvalue weighted by Gasteiger charge is 2.60. The SMILES string of the molecule is CNC1C2OC3(O)C(OCC[C@H]3NCc3ccc(F)cc3)OC2C[C@H](NC)[C@@H]1O. The van der Waals surface area contributed by atoms with Crippen LogP contribution in [0, 0.1) is 5.82 Å². The Morgan fingerprint density at radius 2 is 1.97 bits per heavy atom. The third-order valence-electron chi connectivity index (χ3n) is 6.29. The molecule has 0 amide bonds. The predicted molar refractivity (Wildman–Crippen MR) is 102 cm³/mol. The first-order chi connectivity index (χ1) is 14.0. The Bertz CT molecular complexity index is 695. The van der Waals surface area contributed by atoms with E-state index in [4.69, 9.17) is 14.2 Å². The third-order valence-corrected chi connectivity index (χ3v) is 6.29. The van der Waals surface area contributed by atoms with E-state index in [0.717, 1.165) is 5.56 Å². The number of fused-ring (bicyclic) bond motifs is 2. The van der Waals surface area contributed by atoms with Crippen LogP contribution in [0.5, 0.6) is 0 Å². The Morgan fingerprint density at radius 3 is 2.66 bits per heavy atom. The highest BCUT2D eigenvalue weighted by atomic mass is 19.1. The second kappa shape index (κ2) is 8.52. The molecule has 5 N–H and O–H groups in total. The molecule has 1 aromatic carbocycles. The summed E-state index contributed by atoms with van der Waals surface area (Å²) < 4.78 is 31.2. The maximum absolute atomic E-state index is 13.1. The summed E-state index contributed by atoms with van der Waals surface area (Å²) in [7, 11) is 3.55. The number of aliphatic hydroxyl groups excluding tert-OH is 1. The van der Waals surface area contributed by atoms with Crippen LogP contribution in [-0.4, -0.2) is 79.4 Å². The lowest BCUT2D eigenvalue weighted by atomic mass is 9.82. The molecule has 1 saturated carbocycles. The minimum absolute atomic E-state index is 0.153. The van der Waals surface area contributed by atoms with Crippen molar-refractivity contribution in [3.05, 3.63) is 35.6 Å². The minimum Gasteiger partial charge on any atom is -0.390 e. The Morgan fingerprint density at radius 1 is 1.21 bits per heavy atom. The number of benzene rings is 1. The lowest BCUT2D eigenvalue weighted by molar-refractivity contribution is -0.435. The van der Waals surface area contributed by atoms with Gasteiger partial charge in [-0.1, -0.05) is 12.1 Å². The molecule has 5 unspecified atom stereocenters. The summed E-state index contributed by atoms with van der Waals surface area (Å²) >= 11 is 0. The van der Waals surface area contributed by atoms with Gasteiger partial charge in [0.1, 0.15) is 11.9 Å². The van der Waals surface area contributed by atoms with Crippen molar-refractivity contribution in [1.29, 1.82) is 0 Å². The van der Waals surface area contributed by atoms with Crippen LogP contribution in [0.4, 0.5) is 4.39 Å². The van der Waals surface area contributed by atoms with Crippen LogP contribution in [-0.2, 0) is 20.8 Å². The molecular weight excluding hydrogens is 381 g/mol. The fourth-order valence-electron chi connectivity index (χ4n) is 4.63. The number of hydrogen-bond donors (Lipinski definition) is 5. The molecule has 0 spiro atoms. The zero-order valence-electron chi connectivity index (χ0n) is 16.7. The van der Waals surface area contributed by atoms with Gasteiger partial charge in [-0.2, -0.15) is 0 Å². The van der Waals surface area contributed by atoms with Gasteiger partial charge in [0.25, 0.3) is 0 Å². The van der Waals surface area contributed by atoms with Crippen molar-refractivity contribution < 1.29 is 28.8 Å². The van der Waals surface area contributed by atoms with E-state index in [0.29, 0.717) is 26.0 Å². The van der Waals surface area contributed by atoms with Gasteiger partial charge in [-0.15, -0.1) is 0 Å². The van der Waals surface area contributed by atoms with Crippen LogP contribution in [0.15, 0.2) is 24.3 Å². The fraction of sp³-hybridized carbons (Fsp3) is 0.700. The van der Waals surface area contributed by atoms with Gasteiger partial charge in [-0.05, 0) is 44.6 Å². The molecule has 0 aromatic heterocycles. The number of hydrogen-bond acceptors (Lipinski definition) is 8. The Kier molecular flexibility index (Phi) is 6.19. The molecule has 4 rings (SSSR count). The summed E-state index contributed by atoms with van der Waals surface area (Å²) in [5.41, 5.74) is 0.894. The summed E-state index contributed by atoms with van der Waals surface area (Å²) in [6, 6.07) is 5.21. The fourth-order valence-corrected chi connectivity index (χ4v) is 4.63. The Labute approximate surface area is 169 Å². The number of aliphatic hydroxyl groups is 2. The molecule has 8 nitrogen and oxygen atoms in total. The van der Waals surface area contributed by atoms with Gasteiger partial charge in [-0.3, -0.25) is 0 Å². The van der Waals surface area contributed by atoms with Gasteiger partial charge in [-0.25, -0.2) is 4.39 Å². The monoisotopic (exact) mass is 411 g/mol. The molecule has 0 radical (unpaired) electrons. The first-order valence-corrected chi connectivity index (χ1v) is 10.1. The summed E-state index contributed by atoms with van der Waals surface area (Å²) in [4.78, 5) is 0. The summed E-state index contributed by atoms with van der Waals surface area (Å²) in [6.45, 7) is 0.861. The van der Waals surface area contributed by atoms with Crippen LogP contribution in [0.2, 0.25) is 0 Å². The maximum Gasteiger partial charge on any atom is 0.234 e. The van der Waals surface area contributed by atoms with Crippen LogP contribution in [0.1, 0.15) is 18.4 Å². The second-order valence-corrected chi connectivity index (χ2v) is 8.00. The molecule has 8 atom stereocenters. The highest BCUT2D eigenvalue weighted by Crippen LogP contribution is 2.40. The van der Waals surface area contributed by atoms with E-state index in [1.54, 1.807) is 26.2 Å². The normalized spacial score (nSPS) is 42.2. The van der Waals surface area contributed by atoms with Gasteiger partial charge in [0.2, 0.25) is 12.1 Å². The topological polar surface area (TPSA) is 104 Å². The van der Waals surface area contributed by atoms with E-state index in [-0.39, 0.29) is 18.0 Å². The molecule has 1 aromatic rings. The van der Waals surface area contributed by atoms with Crippen molar-refractivity contribution in [2.45, 2.75) is 67.9 Å². The third kappa shape index (κ3) is 3.94. The van der Waals surface area contributed by atoms with E-state index in [1.807, 2.05) is 0 Å². The maximum atomic E-state index is 13.1. The van der Waals surface area contributed by atoms with Crippen LogP contribution in [0.3, 0.4) is 0 Å². The molecule has 2 saturated heterocycles. The second-order valence-electron chi connectivity index (χ2n) is 8.00. The lowest BCUT2D eigenvalue weighted by Gasteiger charge is -2.56. The number of nitrogens with one attached hydrogen (secondary N) is 3. The van der Waals surface area contributed by atoms with Crippen molar-refractivity contribution in [1.82, 2.24) is 16.0 Å². The van der Waals surface area contributed by atoms with E-state index < -0.39 is 36.4 Å². The number of ether oxygens (including phenoxy) is 3. The molecule has 1 aliphatic carbocycles.